The molecule has 1 aliphatic heterocycles. The van der Waals surface area contributed by atoms with Crippen LogP contribution in [0, 0.1) is 0 Å². The third-order valence-electron chi connectivity index (χ3n) is 8.17. The van der Waals surface area contributed by atoms with Crippen LogP contribution in [0.3, 0.4) is 0 Å². The van der Waals surface area contributed by atoms with Gasteiger partial charge in [-0.1, -0.05) is 13.8 Å². The minimum absolute atomic E-state index is 0.267. The zero-order valence-corrected chi connectivity index (χ0v) is 23.6. The van der Waals surface area contributed by atoms with Crippen molar-refractivity contribution in [2.24, 2.45) is 5.73 Å². The van der Waals surface area contributed by atoms with Gasteiger partial charge in [0.2, 0.25) is 0 Å². The summed E-state index contributed by atoms with van der Waals surface area (Å²) in [6.45, 7) is 4.57. The van der Waals surface area contributed by atoms with E-state index in [1.54, 1.807) is 46.8 Å². The van der Waals surface area contributed by atoms with Crippen LogP contribution in [0.2, 0.25) is 0 Å². The molecule has 0 radical (unpaired) electrons. The Morgan fingerprint density at radius 3 is 1.85 bits per heavy atom. The van der Waals surface area contributed by atoms with Gasteiger partial charge in [0.1, 0.15) is 0 Å². The first-order chi connectivity index (χ1) is 19.3. The fraction of sp³-hybridized carbons (Fsp3) is 0.333. The molecule has 4 N–H and O–H groups in total. The molecule has 2 amide bonds. The number of aromatic nitrogens is 2. The molecule has 2 aromatic carbocycles. The van der Waals surface area contributed by atoms with Gasteiger partial charge < -0.3 is 34.2 Å². The van der Waals surface area contributed by atoms with Gasteiger partial charge in [-0.15, -0.1) is 0 Å². The quantitative estimate of drug-likeness (QED) is 0.254. The Morgan fingerprint density at radius 1 is 0.775 bits per heavy atom. The molecule has 5 rings (SSSR count). The van der Waals surface area contributed by atoms with Gasteiger partial charge in [0.05, 0.1) is 50.6 Å². The van der Waals surface area contributed by atoms with Crippen LogP contribution in [0.5, 0.6) is 23.0 Å². The van der Waals surface area contributed by atoms with Crippen LogP contribution < -0.4 is 30.0 Å². The van der Waals surface area contributed by atoms with E-state index in [9.17, 15) is 9.59 Å². The van der Waals surface area contributed by atoms with Gasteiger partial charge in [0.25, 0.3) is 11.8 Å². The highest BCUT2D eigenvalue weighted by molar-refractivity contribution is 6.50. The smallest absolute Gasteiger partial charge is 0.259 e. The van der Waals surface area contributed by atoms with E-state index >= 15 is 0 Å². The van der Waals surface area contributed by atoms with Gasteiger partial charge in [-0.2, -0.15) is 0 Å². The number of nitrogens with one attached hydrogen (secondary N) is 2. The number of ether oxygens (including phenoxy) is 4. The molecular weight excluding hydrogens is 512 g/mol. The van der Waals surface area contributed by atoms with Crippen LogP contribution in [0.4, 0.5) is 0 Å². The maximum atomic E-state index is 13.5. The molecule has 10 heteroatoms. The molecular formula is C30H34N4O6. The lowest BCUT2D eigenvalue weighted by Gasteiger charge is -2.33. The van der Waals surface area contributed by atoms with Crippen LogP contribution in [-0.4, -0.2) is 56.3 Å². The SMILES string of the molecule is CCC(CC)(CN)n1cc(C2=C(c3c[nH]c4cc(OC)c(OC)cc34)C(=O)NC2=O)c2cc(OC)c(OC)cc21. The number of hydrogen-bond donors (Lipinski definition) is 3. The standard InChI is InChI=1S/C30H34N4O6/c1-7-30(8-2,15-31)34-14-19(17-10-23(38-4)25(40-6)12-21(17)34)27-26(28(35)33-29(27)36)18-13-32-20-11-24(39-5)22(37-3)9-16(18)20/h9-14,32H,7-8,15,31H2,1-6H3,(H,33,35,36). The van der Waals surface area contributed by atoms with Crippen LogP contribution in [0.25, 0.3) is 33.0 Å². The van der Waals surface area contributed by atoms with E-state index < -0.39 is 17.4 Å². The first-order valence-corrected chi connectivity index (χ1v) is 13.1. The Bertz CT molecular complexity index is 1670. The highest BCUT2D eigenvalue weighted by Crippen LogP contribution is 2.44. The Morgan fingerprint density at radius 2 is 1.30 bits per heavy atom. The molecule has 0 fully saturated rings. The predicted octanol–water partition coefficient (Wildman–Crippen LogP) is 4.20. The Hall–Kier alpha value is -4.44. The Labute approximate surface area is 232 Å². The van der Waals surface area contributed by atoms with E-state index in [0.29, 0.717) is 40.7 Å². The highest BCUT2D eigenvalue weighted by atomic mass is 16.5. The van der Waals surface area contributed by atoms with Gasteiger partial charge >= 0.3 is 0 Å². The number of carbonyl (C=O) groups excluding carboxylic acids is 2. The van der Waals surface area contributed by atoms with Crippen molar-refractivity contribution in [1.29, 1.82) is 0 Å². The number of aromatic amines is 1. The van der Waals surface area contributed by atoms with Crippen molar-refractivity contribution in [2.45, 2.75) is 32.2 Å². The summed E-state index contributed by atoms with van der Waals surface area (Å²) in [5.41, 5.74) is 9.22. The average molecular weight is 547 g/mol. The number of rotatable bonds is 10. The summed E-state index contributed by atoms with van der Waals surface area (Å²) < 4.78 is 24.3. The third kappa shape index (κ3) is 3.90. The minimum Gasteiger partial charge on any atom is -0.493 e. The van der Waals surface area contributed by atoms with Crippen LogP contribution in [-0.2, 0) is 15.1 Å². The third-order valence-corrected chi connectivity index (χ3v) is 8.17. The van der Waals surface area contributed by atoms with Gasteiger partial charge in [-0.25, -0.2) is 0 Å². The van der Waals surface area contributed by atoms with E-state index in [2.05, 4.69) is 28.7 Å². The Kier molecular flexibility index (Phi) is 6.97. The monoisotopic (exact) mass is 546 g/mol. The number of hydrogen-bond acceptors (Lipinski definition) is 7. The lowest BCUT2D eigenvalue weighted by molar-refractivity contribution is -0.122. The lowest BCUT2D eigenvalue weighted by Crippen LogP contribution is -2.39. The number of amides is 2. The van der Waals surface area contributed by atoms with Gasteiger partial charge in [-0.05, 0) is 25.0 Å². The number of nitrogens with zero attached hydrogens (tertiary/aromatic N) is 1. The van der Waals surface area contributed by atoms with Crippen molar-refractivity contribution in [3.63, 3.8) is 0 Å². The lowest BCUT2D eigenvalue weighted by atomic mass is 9.92. The number of imide groups is 1. The molecule has 0 aliphatic carbocycles. The minimum atomic E-state index is -0.479. The fourth-order valence-corrected chi connectivity index (χ4v) is 5.75. The molecule has 40 heavy (non-hydrogen) atoms. The summed E-state index contributed by atoms with van der Waals surface area (Å²) in [6.07, 6.45) is 5.18. The molecule has 4 aromatic rings. The molecule has 0 saturated heterocycles. The normalized spacial score (nSPS) is 13.9. The molecule has 10 nitrogen and oxygen atoms in total. The van der Waals surface area contributed by atoms with Gasteiger partial charge in [-0.3, -0.25) is 14.9 Å². The molecule has 0 spiro atoms. The molecule has 0 bridgehead atoms. The fourth-order valence-electron chi connectivity index (χ4n) is 5.75. The maximum Gasteiger partial charge on any atom is 0.259 e. The maximum absolute atomic E-state index is 13.5. The molecule has 0 atom stereocenters. The van der Waals surface area contributed by atoms with Crippen molar-refractivity contribution in [3.05, 3.63) is 47.8 Å². The highest BCUT2D eigenvalue weighted by Gasteiger charge is 2.37. The van der Waals surface area contributed by atoms with Crippen molar-refractivity contribution in [3.8, 4) is 23.0 Å². The number of nitrogens with two attached hydrogens (primary N) is 1. The molecule has 1 aliphatic rings. The van der Waals surface area contributed by atoms with E-state index in [1.807, 2.05) is 18.3 Å². The molecule has 0 unspecified atom stereocenters. The summed E-state index contributed by atoms with van der Waals surface area (Å²) in [7, 11) is 6.25. The summed E-state index contributed by atoms with van der Waals surface area (Å²) in [5, 5.41) is 3.98. The number of methoxy groups -OCH3 is 4. The second-order valence-electron chi connectivity index (χ2n) is 9.76. The van der Waals surface area contributed by atoms with Crippen molar-refractivity contribution in [1.82, 2.24) is 14.9 Å². The van der Waals surface area contributed by atoms with Crippen molar-refractivity contribution in [2.75, 3.05) is 35.0 Å². The summed E-state index contributed by atoms with van der Waals surface area (Å²) in [6, 6.07) is 7.33. The number of H-pyrrole nitrogens is 1. The van der Waals surface area contributed by atoms with Crippen LogP contribution >= 0.6 is 0 Å². The second kappa shape index (κ2) is 10.3. The van der Waals surface area contributed by atoms with Gasteiger partial charge in [0, 0.05) is 58.5 Å². The Balaban J connectivity index is 1.88. The van der Waals surface area contributed by atoms with E-state index in [-0.39, 0.29) is 11.1 Å². The zero-order valence-electron chi connectivity index (χ0n) is 23.6. The number of fused-ring (bicyclic) bond motifs is 2. The summed E-state index contributed by atoms with van der Waals surface area (Å²) >= 11 is 0. The molecule has 210 valence electrons. The summed E-state index contributed by atoms with van der Waals surface area (Å²) in [5.74, 6) is 1.16. The summed E-state index contributed by atoms with van der Waals surface area (Å²) in [4.78, 5) is 30.1. The average Bonchev–Trinajstić information content (AvgIpc) is 3.64. The predicted molar refractivity (Wildman–Crippen MR) is 154 cm³/mol. The van der Waals surface area contributed by atoms with Crippen molar-refractivity contribution >= 4 is 44.8 Å². The first kappa shape index (κ1) is 27.1. The number of benzene rings is 2. The van der Waals surface area contributed by atoms with Crippen LogP contribution in [0.1, 0.15) is 37.8 Å². The zero-order chi connectivity index (χ0) is 28.8. The molecule has 0 saturated carbocycles. The largest absolute Gasteiger partial charge is 0.493 e. The van der Waals surface area contributed by atoms with E-state index in [0.717, 1.165) is 34.6 Å². The second-order valence-corrected chi connectivity index (χ2v) is 9.76. The van der Waals surface area contributed by atoms with Gasteiger partial charge in [0.15, 0.2) is 23.0 Å². The van der Waals surface area contributed by atoms with Crippen LogP contribution in [0.15, 0.2) is 36.7 Å². The topological polar surface area (TPSA) is 130 Å². The van der Waals surface area contributed by atoms with E-state index in [4.69, 9.17) is 24.7 Å². The first-order valence-electron chi connectivity index (χ1n) is 13.1. The van der Waals surface area contributed by atoms with E-state index in [1.165, 1.54) is 0 Å². The number of carbonyl (C=O) groups is 2. The molecule has 2 aromatic heterocycles. The van der Waals surface area contributed by atoms with Crippen molar-refractivity contribution < 1.29 is 28.5 Å². The molecule has 3 heterocycles.